The van der Waals surface area contributed by atoms with Crippen LogP contribution in [0.5, 0.6) is 0 Å². The van der Waals surface area contributed by atoms with Gasteiger partial charge in [-0.15, -0.1) is 10.2 Å². The molecular weight excluding hydrogens is 166 g/mol. The number of nitrogens with zero attached hydrogens (tertiary/aromatic N) is 3. The summed E-state index contributed by atoms with van der Waals surface area (Å²) in [6, 6.07) is 9.63. The molecule has 0 saturated carbocycles. The first kappa shape index (κ1) is 8.07. The zero-order chi connectivity index (χ0) is 9.15. The lowest BCUT2D eigenvalue weighted by Crippen LogP contribution is -2.28. The summed E-state index contributed by atoms with van der Waals surface area (Å²) in [6.07, 6.45) is 1.76. The molecule has 0 aromatic heterocycles. The fraction of sp³-hybridized carbons (Fsp3) is 0.222. The smallest absolute Gasteiger partial charge is 0.220 e. The monoisotopic (exact) mass is 175 g/mol. The highest BCUT2D eigenvalue weighted by molar-refractivity contribution is 5.69. The van der Waals surface area contributed by atoms with Crippen molar-refractivity contribution in [1.82, 2.24) is 0 Å². The third kappa shape index (κ3) is 1.78. The molecule has 1 aliphatic rings. The van der Waals surface area contributed by atoms with Crippen molar-refractivity contribution < 1.29 is 5.11 Å². The quantitative estimate of drug-likeness (QED) is 0.725. The molecule has 4 nitrogen and oxygen atoms in total. The van der Waals surface area contributed by atoms with Crippen molar-refractivity contribution in [3.63, 3.8) is 0 Å². The Kier molecular flexibility index (Phi) is 1.90. The van der Waals surface area contributed by atoms with Gasteiger partial charge in [-0.3, -0.25) is 0 Å². The van der Waals surface area contributed by atoms with Gasteiger partial charge in [-0.2, -0.15) is 0 Å². The maximum Gasteiger partial charge on any atom is 0.220 e. The van der Waals surface area contributed by atoms with Gasteiger partial charge in [-0.1, -0.05) is 30.3 Å². The predicted molar refractivity (Wildman–Crippen MR) is 48.4 cm³/mol. The van der Waals surface area contributed by atoms with E-state index in [1.54, 1.807) is 0 Å². The van der Waals surface area contributed by atoms with Gasteiger partial charge >= 0.3 is 0 Å². The van der Waals surface area contributed by atoms with Crippen LogP contribution in [-0.4, -0.2) is 17.0 Å². The highest BCUT2D eigenvalue weighted by Crippen LogP contribution is 2.17. The molecule has 0 fully saturated rings. The van der Waals surface area contributed by atoms with Crippen molar-refractivity contribution in [3.8, 4) is 0 Å². The summed E-state index contributed by atoms with van der Waals surface area (Å²) >= 11 is 0. The van der Waals surface area contributed by atoms with Crippen LogP contribution in [-0.2, 0) is 6.42 Å². The number of hydrogen-bond donors (Lipinski definition) is 1. The molecule has 13 heavy (non-hydrogen) atoms. The molecule has 0 radical (unpaired) electrons. The van der Waals surface area contributed by atoms with Crippen LogP contribution >= 0.6 is 0 Å². The van der Waals surface area contributed by atoms with Crippen LogP contribution < -0.4 is 0 Å². The lowest BCUT2D eigenvalue weighted by atomic mass is 10.0. The molecule has 1 unspecified atom stereocenters. The zero-order valence-electron chi connectivity index (χ0n) is 6.96. The second-order valence-corrected chi connectivity index (χ2v) is 2.97. The predicted octanol–water partition coefficient (Wildman–Crippen LogP) is 1.37. The van der Waals surface area contributed by atoms with Crippen molar-refractivity contribution in [2.75, 3.05) is 0 Å². The average Bonchev–Trinajstić information content (AvgIpc) is 2.54. The highest BCUT2D eigenvalue weighted by atomic mass is 16.3. The second kappa shape index (κ2) is 3.06. The number of aliphatic hydroxyl groups is 1. The molecule has 1 aliphatic heterocycles. The van der Waals surface area contributed by atoms with E-state index < -0.39 is 5.72 Å². The molecule has 0 saturated heterocycles. The Morgan fingerprint density at radius 3 is 2.62 bits per heavy atom. The maximum absolute atomic E-state index is 9.73. The Hall–Kier alpha value is -1.55. The van der Waals surface area contributed by atoms with Crippen molar-refractivity contribution in [2.45, 2.75) is 12.1 Å². The first-order chi connectivity index (χ1) is 6.29. The van der Waals surface area contributed by atoms with Gasteiger partial charge in [0.2, 0.25) is 5.72 Å². The first-order valence-electron chi connectivity index (χ1n) is 4.01. The van der Waals surface area contributed by atoms with E-state index in [2.05, 4.69) is 15.4 Å². The van der Waals surface area contributed by atoms with Gasteiger partial charge in [0.05, 0.1) is 6.21 Å². The van der Waals surface area contributed by atoms with Gasteiger partial charge in [0.1, 0.15) is 0 Å². The lowest BCUT2D eigenvalue weighted by molar-refractivity contribution is 0.125. The molecule has 1 aromatic carbocycles. The fourth-order valence-electron chi connectivity index (χ4n) is 1.22. The van der Waals surface area contributed by atoms with E-state index in [1.807, 2.05) is 30.3 Å². The minimum absolute atomic E-state index is 0.418. The summed E-state index contributed by atoms with van der Waals surface area (Å²) in [7, 11) is 0. The van der Waals surface area contributed by atoms with Gasteiger partial charge in [-0.25, -0.2) is 0 Å². The van der Waals surface area contributed by atoms with Crippen molar-refractivity contribution in [3.05, 3.63) is 35.9 Å². The molecule has 0 aliphatic carbocycles. The Labute approximate surface area is 75.6 Å². The number of hydrogen-bond acceptors (Lipinski definition) is 4. The lowest BCUT2D eigenvalue weighted by Gasteiger charge is -2.12. The molecule has 0 bridgehead atoms. The van der Waals surface area contributed by atoms with Gasteiger partial charge in [0, 0.05) is 6.42 Å². The molecule has 66 valence electrons. The maximum atomic E-state index is 9.73. The molecule has 1 heterocycles. The first-order valence-corrected chi connectivity index (χ1v) is 4.01. The van der Waals surface area contributed by atoms with Gasteiger partial charge in [0.25, 0.3) is 0 Å². The van der Waals surface area contributed by atoms with E-state index in [0.29, 0.717) is 6.42 Å². The molecular formula is C9H9N3O. The fourth-order valence-corrected chi connectivity index (χ4v) is 1.22. The van der Waals surface area contributed by atoms with E-state index in [0.717, 1.165) is 5.56 Å². The molecule has 0 spiro atoms. The van der Waals surface area contributed by atoms with Crippen LogP contribution in [0.3, 0.4) is 0 Å². The second-order valence-electron chi connectivity index (χ2n) is 2.97. The van der Waals surface area contributed by atoms with Crippen molar-refractivity contribution in [1.29, 1.82) is 0 Å². The molecule has 2 rings (SSSR count). The SMILES string of the molecule is OC1(Cc2ccccc2)C=NN=N1. The Morgan fingerprint density at radius 1 is 1.23 bits per heavy atom. The third-order valence-corrected chi connectivity index (χ3v) is 1.84. The largest absolute Gasteiger partial charge is 0.363 e. The summed E-state index contributed by atoms with van der Waals surface area (Å²) in [5, 5.41) is 20.2. The molecule has 1 aromatic rings. The number of rotatable bonds is 2. The third-order valence-electron chi connectivity index (χ3n) is 1.84. The standard InChI is InChI=1S/C9H9N3O/c13-9(7-10-12-11-9)6-8-4-2-1-3-5-8/h1-5,7,13H,6H2. The molecule has 0 amide bonds. The van der Waals surface area contributed by atoms with E-state index in [4.69, 9.17) is 0 Å². The van der Waals surface area contributed by atoms with E-state index in [9.17, 15) is 5.11 Å². The highest BCUT2D eigenvalue weighted by Gasteiger charge is 2.27. The van der Waals surface area contributed by atoms with Crippen LogP contribution in [0.25, 0.3) is 0 Å². The summed E-state index contributed by atoms with van der Waals surface area (Å²) in [4.78, 5) is 0. The minimum Gasteiger partial charge on any atom is -0.363 e. The van der Waals surface area contributed by atoms with Crippen molar-refractivity contribution >= 4 is 6.21 Å². The van der Waals surface area contributed by atoms with Crippen LogP contribution in [0.15, 0.2) is 45.8 Å². The molecule has 1 atom stereocenters. The Bertz CT molecular complexity index is 333. The minimum atomic E-state index is -1.23. The van der Waals surface area contributed by atoms with Crippen LogP contribution in [0, 0.1) is 0 Å². The topological polar surface area (TPSA) is 57.3 Å². The zero-order valence-corrected chi connectivity index (χ0v) is 6.96. The Balaban J connectivity index is 2.15. The van der Waals surface area contributed by atoms with E-state index >= 15 is 0 Å². The summed E-state index contributed by atoms with van der Waals surface area (Å²) < 4.78 is 0. The molecule has 4 heteroatoms. The van der Waals surface area contributed by atoms with Gasteiger partial charge < -0.3 is 5.11 Å². The van der Waals surface area contributed by atoms with Crippen molar-refractivity contribution in [2.24, 2.45) is 15.4 Å². The van der Waals surface area contributed by atoms with Crippen LogP contribution in [0.4, 0.5) is 0 Å². The van der Waals surface area contributed by atoms with Gasteiger partial charge in [-0.05, 0) is 10.8 Å². The summed E-state index contributed by atoms with van der Waals surface area (Å²) in [5.41, 5.74) is -0.223. The number of benzene rings is 1. The average molecular weight is 175 g/mol. The summed E-state index contributed by atoms with van der Waals surface area (Å²) in [5.74, 6) is 0. The summed E-state index contributed by atoms with van der Waals surface area (Å²) in [6.45, 7) is 0. The van der Waals surface area contributed by atoms with E-state index in [1.165, 1.54) is 6.21 Å². The molecule has 1 N–H and O–H groups in total. The van der Waals surface area contributed by atoms with Crippen LogP contribution in [0.2, 0.25) is 0 Å². The normalized spacial score (nSPS) is 25.3. The van der Waals surface area contributed by atoms with Gasteiger partial charge in [0.15, 0.2) is 0 Å². The Morgan fingerprint density at radius 2 is 2.00 bits per heavy atom. The van der Waals surface area contributed by atoms with Crippen LogP contribution in [0.1, 0.15) is 5.56 Å². The van der Waals surface area contributed by atoms with E-state index in [-0.39, 0.29) is 0 Å².